The number of nitrogens with zero attached hydrogens (tertiary/aromatic N) is 1. The summed E-state index contributed by atoms with van der Waals surface area (Å²) in [6.07, 6.45) is 2.24. The molecular formula is C23H35N3O3. The molecule has 0 aliphatic heterocycles. The van der Waals surface area contributed by atoms with Gasteiger partial charge in [0.25, 0.3) is 5.91 Å². The first-order chi connectivity index (χ1) is 13.8. The van der Waals surface area contributed by atoms with Crippen LogP contribution in [-0.2, 0) is 11.3 Å². The minimum absolute atomic E-state index is 0.0948. The van der Waals surface area contributed by atoms with E-state index >= 15 is 0 Å². The number of para-hydroxylation sites is 1. The van der Waals surface area contributed by atoms with Crippen LogP contribution in [0.4, 0.5) is 0 Å². The van der Waals surface area contributed by atoms with Crippen LogP contribution in [0.25, 0.3) is 0 Å². The molecule has 29 heavy (non-hydrogen) atoms. The van der Waals surface area contributed by atoms with Crippen molar-refractivity contribution >= 4 is 5.91 Å². The van der Waals surface area contributed by atoms with Gasteiger partial charge in [-0.1, -0.05) is 23.8 Å². The Morgan fingerprint density at radius 2 is 1.90 bits per heavy atom. The summed E-state index contributed by atoms with van der Waals surface area (Å²) in [5, 5.41) is 16.3. The van der Waals surface area contributed by atoms with E-state index in [0.29, 0.717) is 12.1 Å². The Balaban J connectivity index is 2.36. The molecule has 160 valence electrons. The van der Waals surface area contributed by atoms with Gasteiger partial charge in [-0.15, -0.1) is 0 Å². The van der Waals surface area contributed by atoms with Gasteiger partial charge in [0.15, 0.2) is 0 Å². The normalized spacial score (nSPS) is 15.1. The van der Waals surface area contributed by atoms with Crippen molar-refractivity contribution in [3.8, 4) is 5.75 Å². The largest absolute Gasteiger partial charge is 0.496 e. The molecule has 1 aliphatic carbocycles. The van der Waals surface area contributed by atoms with Crippen LogP contribution in [0, 0.1) is 0 Å². The third-order valence-corrected chi connectivity index (χ3v) is 5.35. The summed E-state index contributed by atoms with van der Waals surface area (Å²) in [5.41, 5.74) is 3.48. The maximum absolute atomic E-state index is 13.5. The molecule has 6 nitrogen and oxygen atoms in total. The Morgan fingerprint density at radius 1 is 1.24 bits per heavy atom. The van der Waals surface area contributed by atoms with E-state index in [4.69, 9.17) is 4.74 Å². The second-order valence-electron chi connectivity index (χ2n) is 8.07. The number of allylic oxidation sites excluding steroid dienone is 1. The van der Waals surface area contributed by atoms with Gasteiger partial charge < -0.3 is 25.4 Å². The molecular weight excluding hydrogens is 366 g/mol. The molecule has 2 rings (SSSR count). The molecule has 1 aromatic rings. The average molecular weight is 402 g/mol. The second kappa shape index (κ2) is 9.83. The van der Waals surface area contributed by atoms with Gasteiger partial charge >= 0.3 is 0 Å². The maximum Gasteiger partial charge on any atom is 0.254 e. The van der Waals surface area contributed by atoms with E-state index in [1.165, 1.54) is 0 Å². The number of ether oxygens (including phenoxy) is 1. The molecule has 0 radical (unpaired) electrons. The Bertz CT molecular complexity index is 790. The van der Waals surface area contributed by atoms with Gasteiger partial charge in [-0.2, -0.15) is 0 Å². The van der Waals surface area contributed by atoms with E-state index in [-0.39, 0.29) is 24.6 Å². The monoisotopic (exact) mass is 401 g/mol. The summed E-state index contributed by atoms with van der Waals surface area (Å²) < 4.78 is 5.44. The highest BCUT2D eigenvalue weighted by Crippen LogP contribution is 2.36. The highest BCUT2D eigenvalue weighted by molar-refractivity contribution is 5.98. The number of rotatable bonds is 10. The zero-order valence-corrected chi connectivity index (χ0v) is 18.6. The molecule has 0 spiro atoms. The predicted molar refractivity (Wildman–Crippen MR) is 116 cm³/mol. The molecule has 1 fully saturated rings. The van der Waals surface area contributed by atoms with Crippen molar-refractivity contribution in [3.63, 3.8) is 0 Å². The van der Waals surface area contributed by atoms with Gasteiger partial charge in [-0.3, -0.25) is 4.79 Å². The van der Waals surface area contributed by atoms with Crippen LogP contribution in [0.1, 0.15) is 46.1 Å². The first-order valence-corrected chi connectivity index (χ1v) is 10.1. The number of carbonyl (C=O) groups is 1. The lowest BCUT2D eigenvalue weighted by Gasteiger charge is -2.27. The fraction of sp³-hybridized carbons (Fsp3) is 0.522. The lowest BCUT2D eigenvalue weighted by Crippen LogP contribution is -2.38. The highest BCUT2D eigenvalue weighted by Gasteiger charge is 2.38. The topological polar surface area (TPSA) is 73.8 Å². The fourth-order valence-electron chi connectivity index (χ4n) is 3.40. The molecule has 0 unspecified atom stereocenters. The summed E-state index contributed by atoms with van der Waals surface area (Å²) in [6, 6.07) is 7.64. The molecule has 1 aromatic carbocycles. The third kappa shape index (κ3) is 5.76. The molecule has 0 aromatic heterocycles. The summed E-state index contributed by atoms with van der Waals surface area (Å²) in [5.74, 6) is 1.50. The molecule has 3 N–H and O–H groups in total. The average Bonchev–Trinajstić information content (AvgIpc) is 3.43. The summed E-state index contributed by atoms with van der Waals surface area (Å²) in [7, 11) is 3.49. The molecule has 0 bridgehead atoms. The molecule has 0 atom stereocenters. The van der Waals surface area contributed by atoms with Crippen LogP contribution in [0.15, 0.2) is 46.8 Å². The number of hydrogen-bond acceptors (Lipinski definition) is 5. The number of carbonyl (C=O) groups excluding carboxylic acids is 1. The number of benzene rings is 1. The van der Waals surface area contributed by atoms with Crippen molar-refractivity contribution < 1.29 is 14.6 Å². The van der Waals surface area contributed by atoms with Gasteiger partial charge in [0.1, 0.15) is 11.6 Å². The number of hydrogen-bond donors (Lipinski definition) is 3. The van der Waals surface area contributed by atoms with Crippen molar-refractivity contribution in [2.45, 2.75) is 52.6 Å². The van der Waals surface area contributed by atoms with E-state index in [0.717, 1.165) is 41.1 Å². The van der Waals surface area contributed by atoms with Crippen LogP contribution in [0.5, 0.6) is 5.75 Å². The zero-order valence-electron chi connectivity index (χ0n) is 18.6. The highest BCUT2D eigenvalue weighted by atomic mass is 16.5. The van der Waals surface area contributed by atoms with E-state index in [1.807, 2.05) is 52.1 Å². The molecule has 1 saturated carbocycles. The molecule has 6 heteroatoms. The van der Waals surface area contributed by atoms with Crippen molar-refractivity contribution in [1.29, 1.82) is 0 Å². The number of methoxy groups -OCH3 is 1. The van der Waals surface area contributed by atoms with Gasteiger partial charge in [-0.25, -0.2) is 0 Å². The summed E-state index contributed by atoms with van der Waals surface area (Å²) in [6.45, 7) is 8.56. The lowest BCUT2D eigenvalue weighted by molar-refractivity contribution is -0.128. The zero-order chi connectivity index (χ0) is 21.6. The first-order valence-electron chi connectivity index (χ1n) is 10.1. The lowest BCUT2D eigenvalue weighted by atomic mass is 10.00. The maximum atomic E-state index is 13.5. The van der Waals surface area contributed by atoms with Gasteiger partial charge in [0, 0.05) is 42.4 Å². The molecule has 0 heterocycles. The van der Waals surface area contributed by atoms with Crippen LogP contribution in [0.2, 0.25) is 0 Å². The van der Waals surface area contributed by atoms with Crippen LogP contribution in [-0.4, -0.2) is 48.8 Å². The van der Waals surface area contributed by atoms with Crippen molar-refractivity contribution in [3.05, 3.63) is 52.4 Å². The van der Waals surface area contributed by atoms with Gasteiger partial charge in [0.2, 0.25) is 0 Å². The number of aliphatic hydroxyl groups is 1. The molecule has 0 saturated heterocycles. The Hall–Kier alpha value is -2.47. The number of nitrogens with one attached hydrogen (secondary N) is 2. The Kier molecular flexibility index (Phi) is 7.73. The minimum Gasteiger partial charge on any atom is -0.496 e. The van der Waals surface area contributed by atoms with Crippen LogP contribution >= 0.6 is 0 Å². The van der Waals surface area contributed by atoms with E-state index in [2.05, 4.69) is 17.6 Å². The smallest absolute Gasteiger partial charge is 0.254 e. The summed E-state index contributed by atoms with van der Waals surface area (Å²) in [4.78, 5) is 15.2. The second-order valence-corrected chi connectivity index (χ2v) is 8.07. The third-order valence-electron chi connectivity index (χ3n) is 5.35. The fourth-order valence-corrected chi connectivity index (χ4v) is 3.40. The van der Waals surface area contributed by atoms with Crippen LogP contribution < -0.4 is 15.4 Å². The Labute approximate surface area is 174 Å². The summed E-state index contributed by atoms with van der Waals surface area (Å²) >= 11 is 0. The van der Waals surface area contributed by atoms with Gasteiger partial charge in [0.05, 0.1) is 13.7 Å². The van der Waals surface area contributed by atoms with Crippen molar-refractivity contribution in [1.82, 2.24) is 15.5 Å². The van der Waals surface area contributed by atoms with E-state index in [9.17, 15) is 9.90 Å². The Morgan fingerprint density at radius 3 is 2.41 bits per heavy atom. The molecule has 1 amide bonds. The number of amides is 1. The van der Waals surface area contributed by atoms with E-state index in [1.54, 1.807) is 12.0 Å². The number of aliphatic hydroxyl groups excluding tert-OH is 1. The minimum atomic E-state index is -0.102. The molecule has 1 aliphatic rings. The SMILES string of the molecule is CN/C(NC1(C)CC1)=C(\C)C(C(=O)N(CCO)Cc1ccccc1OC)=C(C)C. The standard InChI is InChI=1S/C23H35N3O3/c1-16(2)20(17(3)21(24-5)25-23(4)11-12-23)22(28)26(13-14-27)15-18-9-7-8-10-19(18)29-6/h7-10,24-25,27H,11-15H2,1-6H3/b21-17-. The van der Waals surface area contributed by atoms with E-state index < -0.39 is 0 Å². The first kappa shape index (κ1) is 22.8. The van der Waals surface area contributed by atoms with Crippen LogP contribution in [0.3, 0.4) is 0 Å². The van der Waals surface area contributed by atoms with Crippen molar-refractivity contribution in [2.75, 3.05) is 27.3 Å². The quantitative estimate of drug-likeness (QED) is 0.415. The van der Waals surface area contributed by atoms with Gasteiger partial charge in [-0.05, 0) is 46.6 Å². The predicted octanol–water partition coefficient (Wildman–Crippen LogP) is 2.95. The van der Waals surface area contributed by atoms with Crippen molar-refractivity contribution in [2.24, 2.45) is 0 Å².